The molecule has 0 saturated heterocycles. The Balaban J connectivity index is 1.93. The van der Waals surface area contributed by atoms with Crippen LogP contribution in [-0.2, 0) is 0 Å². The van der Waals surface area contributed by atoms with Gasteiger partial charge in [-0.15, -0.1) is 0 Å². The van der Waals surface area contributed by atoms with E-state index >= 15 is 0 Å². The van der Waals surface area contributed by atoms with Crippen LogP contribution < -0.4 is 9.47 Å². The molecule has 1 N–H and O–H groups in total. The van der Waals surface area contributed by atoms with Crippen molar-refractivity contribution in [3.05, 3.63) is 56.8 Å². The highest BCUT2D eigenvalue weighted by Crippen LogP contribution is 2.30. The van der Waals surface area contributed by atoms with Crippen LogP contribution in [0.25, 0.3) is 11.4 Å². The number of rotatable bonds is 7. The fraction of sp³-hybridized carbons (Fsp3) is 0.211. The second-order valence-electron chi connectivity index (χ2n) is 5.79. The summed E-state index contributed by atoms with van der Waals surface area (Å²) >= 11 is 17.6. The maximum absolute atomic E-state index is 6.29. The first-order valence-corrected chi connectivity index (χ1v) is 9.68. The monoisotopic (exact) mass is 436 g/mol. The Kier molecular flexibility index (Phi) is 6.72. The van der Waals surface area contributed by atoms with Crippen molar-refractivity contribution < 1.29 is 9.47 Å². The second kappa shape index (κ2) is 9.23. The van der Waals surface area contributed by atoms with E-state index in [0.717, 1.165) is 12.0 Å². The smallest absolute Gasteiger partial charge is 0.216 e. The first kappa shape index (κ1) is 20.4. The molecule has 3 rings (SSSR count). The number of aromatic nitrogens is 3. The molecule has 0 spiro atoms. The van der Waals surface area contributed by atoms with Crippen LogP contribution in [0, 0.1) is 4.77 Å². The van der Waals surface area contributed by atoms with Gasteiger partial charge in [-0.05, 0) is 60.6 Å². The van der Waals surface area contributed by atoms with Gasteiger partial charge >= 0.3 is 0 Å². The van der Waals surface area contributed by atoms with Gasteiger partial charge in [0.15, 0.2) is 17.3 Å². The summed E-state index contributed by atoms with van der Waals surface area (Å²) in [6.07, 6.45) is 2.58. The highest BCUT2D eigenvalue weighted by atomic mass is 35.5. The van der Waals surface area contributed by atoms with Gasteiger partial charge < -0.3 is 9.47 Å². The van der Waals surface area contributed by atoms with Crippen molar-refractivity contribution in [3.63, 3.8) is 0 Å². The van der Waals surface area contributed by atoms with Crippen LogP contribution in [0.3, 0.4) is 0 Å². The third kappa shape index (κ3) is 4.55. The van der Waals surface area contributed by atoms with Crippen LogP contribution in [0.1, 0.15) is 18.9 Å². The molecule has 0 amide bonds. The maximum Gasteiger partial charge on any atom is 0.216 e. The van der Waals surface area contributed by atoms with Crippen LogP contribution in [-0.4, -0.2) is 34.8 Å². The number of hydrogen-bond acceptors (Lipinski definition) is 5. The second-order valence-corrected chi connectivity index (χ2v) is 7.02. The van der Waals surface area contributed by atoms with E-state index in [1.807, 2.05) is 25.1 Å². The van der Waals surface area contributed by atoms with Gasteiger partial charge in [0, 0.05) is 10.6 Å². The van der Waals surface area contributed by atoms with Gasteiger partial charge in [-0.1, -0.05) is 30.1 Å². The summed E-state index contributed by atoms with van der Waals surface area (Å²) in [6, 6.07) is 10.7. The summed E-state index contributed by atoms with van der Waals surface area (Å²) in [5, 5.41) is 12.4. The van der Waals surface area contributed by atoms with Crippen molar-refractivity contribution in [1.29, 1.82) is 0 Å². The zero-order valence-electron chi connectivity index (χ0n) is 15.3. The SMILES string of the molecule is CCCOc1ccc(/C=N/n2c(-c3ccc(Cl)cc3Cl)n[nH]c2=S)cc1OC. The van der Waals surface area contributed by atoms with Crippen molar-refractivity contribution in [2.75, 3.05) is 13.7 Å². The quantitative estimate of drug-likeness (QED) is 0.386. The summed E-state index contributed by atoms with van der Waals surface area (Å²) in [5.41, 5.74) is 1.48. The van der Waals surface area contributed by atoms with Crippen LogP contribution in [0.15, 0.2) is 41.5 Å². The fourth-order valence-corrected chi connectivity index (χ4v) is 3.14. The van der Waals surface area contributed by atoms with Crippen molar-refractivity contribution in [3.8, 4) is 22.9 Å². The third-order valence-corrected chi connectivity index (χ3v) is 4.61. The van der Waals surface area contributed by atoms with Gasteiger partial charge in [-0.25, -0.2) is 5.10 Å². The first-order valence-electron chi connectivity index (χ1n) is 8.51. The Morgan fingerprint density at radius 2 is 2.04 bits per heavy atom. The van der Waals surface area contributed by atoms with E-state index in [-0.39, 0.29) is 0 Å². The fourth-order valence-electron chi connectivity index (χ4n) is 2.46. The van der Waals surface area contributed by atoms with Crippen LogP contribution in [0.2, 0.25) is 10.0 Å². The molecule has 1 heterocycles. The zero-order chi connectivity index (χ0) is 20.1. The predicted octanol–water partition coefficient (Wildman–Crippen LogP) is 5.59. The summed E-state index contributed by atoms with van der Waals surface area (Å²) in [4.78, 5) is 0. The molecule has 0 bridgehead atoms. The van der Waals surface area contributed by atoms with E-state index < -0.39 is 0 Å². The Labute approximate surface area is 177 Å². The lowest BCUT2D eigenvalue weighted by atomic mass is 10.2. The molecular weight excluding hydrogens is 419 g/mol. The molecule has 146 valence electrons. The molecule has 0 radical (unpaired) electrons. The van der Waals surface area contributed by atoms with E-state index in [1.54, 1.807) is 31.5 Å². The number of H-pyrrole nitrogens is 1. The molecule has 0 saturated carbocycles. The third-order valence-electron chi connectivity index (χ3n) is 3.79. The van der Waals surface area contributed by atoms with Gasteiger partial charge in [0.25, 0.3) is 0 Å². The molecule has 0 aliphatic carbocycles. The largest absolute Gasteiger partial charge is 0.493 e. The molecule has 0 atom stereocenters. The standard InChI is InChI=1S/C19H18Cl2N4O2S/c1-3-8-27-16-7-4-12(9-17(16)26-2)11-22-25-18(23-24-19(25)28)14-6-5-13(20)10-15(14)21/h4-7,9-11H,3,8H2,1-2H3,(H,24,28)/b22-11+. The molecule has 0 fully saturated rings. The van der Waals surface area contributed by atoms with Gasteiger partial charge in [0.05, 0.1) is 25.0 Å². The summed E-state index contributed by atoms with van der Waals surface area (Å²) in [7, 11) is 1.60. The summed E-state index contributed by atoms with van der Waals surface area (Å²) in [5.74, 6) is 1.81. The number of nitrogens with one attached hydrogen (secondary N) is 1. The van der Waals surface area contributed by atoms with Crippen LogP contribution in [0.4, 0.5) is 0 Å². The van der Waals surface area contributed by atoms with Crippen molar-refractivity contribution >= 4 is 41.6 Å². The lowest BCUT2D eigenvalue weighted by molar-refractivity contribution is 0.294. The molecule has 0 aliphatic heterocycles. The Bertz CT molecular complexity index is 1060. The number of methoxy groups -OCH3 is 1. The van der Waals surface area contributed by atoms with Crippen molar-refractivity contribution in [2.45, 2.75) is 13.3 Å². The number of hydrogen-bond donors (Lipinski definition) is 1. The minimum atomic E-state index is 0.340. The minimum Gasteiger partial charge on any atom is -0.493 e. The summed E-state index contributed by atoms with van der Waals surface area (Å²) < 4.78 is 12.9. The van der Waals surface area contributed by atoms with Crippen molar-refractivity contribution in [2.24, 2.45) is 5.10 Å². The zero-order valence-corrected chi connectivity index (χ0v) is 17.6. The van der Waals surface area contributed by atoms with Gasteiger partial charge in [0.1, 0.15) is 0 Å². The molecule has 0 unspecified atom stereocenters. The molecule has 2 aromatic carbocycles. The summed E-state index contributed by atoms with van der Waals surface area (Å²) in [6.45, 7) is 2.67. The molecule has 0 aliphatic rings. The predicted molar refractivity (Wildman–Crippen MR) is 115 cm³/mol. The Morgan fingerprint density at radius 1 is 1.21 bits per heavy atom. The van der Waals surface area contributed by atoms with Gasteiger partial charge in [-0.2, -0.15) is 14.9 Å². The van der Waals surface area contributed by atoms with E-state index in [0.29, 0.717) is 44.3 Å². The highest BCUT2D eigenvalue weighted by molar-refractivity contribution is 7.71. The normalized spacial score (nSPS) is 11.1. The van der Waals surface area contributed by atoms with Crippen molar-refractivity contribution in [1.82, 2.24) is 14.9 Å². The van der Waals surface area contributed by atoms with Crippen LogP contribution >= 0.6 is 35.4 Å². The van der Waals surface area contributed by atoms with E-state index in [9.17, 15) is 0 Å². The molecule has 6 nitrogen and oxygen atoms in total. The number of aromatic amines is 1. The number of halogens is 2. The molecule has 3 aromatic rings. The Hall–Kier alpha value is -2.35. The Morgan fingerprint density at radius 3 is 2.75 bits per heavy atom. The topological polar surface area (TPSA) is 64.4 Å². The first-order chi connectivity index (χ1) is 13.5. The van der Waals surface area contributed by atoms with Gasteiger partial charge in [-0.3, -0.25) is 0 Å². The molecule has 9 heteroatoms. The highest BCUT2D eigenvalue weighted by Gasteiger charge is 2.12. The minimum absolute atomic E-state index is 0.340. The van der Waals surface area contributed by atoms with Crippen LogP contribution in [0.5, 0.6) is 11.5 Å². The van der Waals surface area contributed by atoms with E-state index in [1.165, 1.54) is 4.68 Å². The van der Waals surface area contributed by atoms with Gasteiger partial charge in [0.2, 0.25) is 4.77 Å². The molecule has 1 aromatic heterocycles. The number of nitrogens with zero attached hydrogens (tertiary/aromatic N) is 3. The number of benzene rings is 2. The van der Waals surface area contributed by atoms with E-state index in [4.69, 9.17) is 44.9 Å². The maximum atomic E-state index is 6.29. The average Bonchev–Trinajstić information content (AvgIpc) is 3.05. The lowest BCUT2D eigenvalue weighted by Gasteiger charge is -2.10. The molecular formula is C19H18Cl2N4O2S. The van der Waals surface area contributed by atoms with E-state index in [2.05, 4.69) is 15.3 Å². The average molecular weight is 437 g/mol. The lowest BCUT2D eigenvalue weighted by Crippen LogP contribution is -1.99. The molecule has 28 heavy (non-hydrogen) atoms. The number of ether oxygens (including phenoxy) is 2.